The van der Waals surface area contributed by atoms with Gasteiger partial charge >= 0.3 is 5.97 Å². The molecule has 3 aromatic carbocycles. The molecule has 0 saturated heterocycles. The van der Waals surface area contributed by atoms with Crippen molar-refractivity contribution in [3.8, 4) is 11.1 Å². The zero-order chi connectivity index (χ0) is 28.6. The summed E-state index contributed by atoms with van der Waals surface area (Å²) < 4.78 is 5.00. The molecule has 0 radical (unpaired) electrons. The molecule has 204 valence electrons. The van der Waals surface area contributed by atoms with Crippen molar-refractivity contribution in [2.24, 2.45) is 0 Å². The summed E-state index contributed by atoms with van der Waals surface area (Å²) in [7, 11) is 1.33. The number of hydrogen-bond acceptors (Lipinski definition) is 7. The zero-order valence-electron chi connectivity index (χ0n) is 22.1. The molecule has 1 heterocycles. The highest BCUT2D eigenvalue weighted by molar-refractivity contribution is 8.00. The van der Waals surface area contributed by atoms with Crippen LogP contribution in [0.25, 0.3) is 11.1 Å². The maximum atomic E-state index is 12.8. The Morgan fingerprint density at radius 2 is 1.62 bits per heavy atom. The second kappa shape index (κ2) is 13.4. The van der Waals surface area contributed by atoms with E-state index in [2.05, 4.69) is 16.0 Å². The lowest BCUT2D eigenvalue weighted by molar-refractivity contribution is -0.113. The van der Waals surface area contributed by atoms with Gasteiger partial charge in [0.25, 0.3) is 0 Å². The van der Waals surface area contributed by atoms with Crippen LogP contribution >= 0.6 is 35.3 Å². The first kappa shape index (κ1) is 29.0. The minimum atomic E-state index is -0.502. The minimum absolute atomic E-state index is 0.00143. The third kappa shape index (κ3) is 7.56. The molecule has 40 heavy (non-hydrogen) atoms. The van der Waals surface area contributed by atoms with Crippen molar-refractivity contribution in [2.75, 3.05) is 28.8 Å². The fourth-order valence-corrected chi connectivity index (χ4v) is 5.72. The van der Waals surface area contributed by atoms with Crippen molar-refractivity contribution in [1.82, 2.24) is 0 Å². The van der Waals surface area contributed by atoms with Crippen LogP contribution in [0.15, 0.2) is 83.1 Å². The van der Waals surface area contributed by atoms with Gasteiger partial charge in [0.2, 0.25) is 5.91 Å². The van der Waals surface area contributed by atoms with Crippen LogP contribution in [-0.4, -0.2) is 35.6 Å². The lowest BCUT2D eigenvalue weighted by Gasteiger charge is -2.12. The molecule has 0 atom stereocenters. The Morgan fingerprint density at radius 1 is 0.925 bits per heavy atom. The number of hydrogen-bond donors (Lipinski definition) is 3. The number of ether oxygens (including phenoxy) is 1. The predicted octanol–water partition coefficient (Wildman–Crippen LogP) is 7.25. The number of nitrogens with one attached hydrogen (secondary N) is 3. The van der Waals surface area contributed by atoms with E-state index < -0.39 is 5.97 Å². The number of aryl methyl sites for hydroxylation is 1. The molecule has 0 unspecified atom stereocenters. The molecule has 4 aromatic rings. The zero-order valence-corrected chi connectivity index (χ0v) is 24.5. The van der Waals surface area contributed by atoms with Crippen LogP contribution in [0.4, 0.5) is 16.4 Å². The van der Waals surface area contributed by atoms with Gasteiger partial charge < -0.3 is 20.7 Å². The summed E-state index contributed by atoms with van der Waals surface area (Å²) in [5, 5.41) is 11.8. The number of thioether (sulfide) groups is 1. The quantitative estimate of drug-likeness (QED) is 0.0813. The number of methoxy groups -OCH3 is 1. The summed E-state index contributed by atoms with van der Waals surface area (Å²) in [5.41, 5.74) is 5.21. The molecule has 4 rings (SSSR count). The van der Waals surface area contributed by atoms with Gasteiger partial charge in [-0.15, -0.1) is 23.1 Å². The summed E-state index contributed by atoms with van der Waals surface area (Å²) in [6, 6.07) is 22.4. The van der Waals surface area contributed by atoms with Crippen LogP contribution in [0.3, 0.4) is 0 Å². The van der Waals surface area contributed by atoms with Crippen molar-refractivity contribution < 1.29 is 19.1 Å². The average molecular weight is 590 g/mol. The molecule has 0 aliphatic rings. The first-order chi connectivity index (χ1) is 19.2. The number of Topliss-reactive ketones (excluding diaryl/α,β-unsaturated/α-hetero) is 1. The summed E-state index contributed by atoms with van der Waals surface area (Å²) >= 11 is 8.07. The molecule has 0 bridgehead atoms. The molecule has 0 fully saturated rings. The SMILES string of the molecule is COC(=O)c1c(-c2ccc(C)cc2)csc1NC(=O)CSc1cccc(NC(=S)Nc2ccc(C(C)=O)cc2)c1. The molecular formula is C30H27N3O4S3. The lowest BCUT2D eigenvalue weighted by Crippen LogP contribution is -2.19. The highest BCUT2D eigenvalue weighted by Gasteiger charge is 2.22. The maximum Gasteiger partial charge on any atom is 0.341 e. The smallest absolute Gasteiger partial charge is 0.341 e. The largest absolute Gasteiger partial charge is 0.465 e. The highest BCUT2D eigenvalue weighted by atomic mass is 32.2. The Bertz CT molecular complexity index is 1550. The van der Waals surface area contributed by atoms with Crippen molar-refractivity contribution >= 4 is 74.5 Å². The van der Waals surface area contributed by atoms with Crippen molar-refractivity contribution in [3.05, 3.63) is 94.9 Å². The Hall–Kier alpha value is -3.99. The maximum absolute atomic E-state index is 12.8. The summed E-state index contributed by atoms with van der Waals surface area (Å²) in [5.74, 6) is -0.594. The number of benzene rings is 3. The number of thiophene rings is 1. The fraction of sp³-hybridized carbons (Fsp3) is 0.133. The van der Waals surface area contributed by atoms with Gasteiger partial charge in [0.15, 0.2) is 10.9 Å². The minimum Gasteiger partial charge on any atom is -0.465 e. The number of anilines is 3. The molecule has 0 spiro atoms. The van der Waals surface area contributed by atoms with E-state index in [1.165, 1.54) is 37.1 Å². The Labute approximate surface area is 246 Å². The van der Waals surface area contributed by atoms with Gasteiger partial charge in [-0.2, -0.15) is 0 Å². The third-order valence-electron chi connectivity index (χ3n) is 5.81. The van der Waals surface area contributed by atoms with Gasteiger partial charge in [-0.3, -0.25) is 9.59 Å². The molecule has 10 heteroatoms. The number of carbonyl (C=O) groups excluding carboxylic acids is 3. The van der Waals surface area contributed by atoms with Gasteiger partial charge in [-0.05, 0) is 74.1 Å². The predicted molar refractivity (Wildman–Crippen MR) is 168 cm³/mol. The standard InChI is InChI=1S/C30H27N3O4S3/c1-18-7-9-21(10-8-18)25-16-40-28(27(25)29(36)37-3)33-26(35)17-39-24-6-4-5-23(15-24)32-30(38)31-22-13-11-20(12-14-22)19(2)34/h4-16H,17H2,1-3H3,(H,33,35)(H2,31,32,38). The Balaban J connectivity index is 1.36. The number of ketones is 1. The molecule has 1 amide bonds. The lowest BCUT2D eigenvalue weighted by atomic mass is 10.0. The van der Waals surface area contributed by atoms with Gasteiger partial charge in [-0.1, -0.05) is 35.9 Å². The van der Waals surface area contributed by atoms with Gasteiger partial charge in [-0.25, -0.2) is 4.79 Å². The normalized spacial score (nSPS) is 10.5. The fourth-order valence-electron chi connectivity index (χ4n) is 3.76. The highest BCUT2D eigenvalue weighted by Crippen LogP contribution is 2.36. The van der Waals surface area contributed by atoms with Gasteiger partial charge in [0.05, 0.1) is 12.9 Å². The number of rotatable bonds is 9. The van der Waals surface area contributed by atoms with E-state index in [-0.39, 0.29) is 17.4 Å². The van der Waals surface area contributed by atoms with Crippen LogP contribution in [0.5, 0.6) is 0 Å². The number of amides is 1. The van der Waals surface area contributed by atoms with Crippen molar-refractivity contribution in [1.29, 1.82) is 0 Å². The number of thiocarbonyl (C=S) groups is 1. The first-order valence-electron chi connectivity index (χ1n) is 12.2. The summed E-state index contributed by atoms with van der Waals surface area (Å²) in [6.07, 6.45) is 0. The van der Waals surface area contributed by atoms with Gasteiger partial charge in [0.1, 0.15) is 10.6 Å². The molecule has 0 aliphatic heterocycles. The summed E-state index contributed by atoms with van der Waals surface area (Å²) in [4.78, 5) is 37.7. The van der Waals surface area contributed by atoms with E-state index >= 15 is 0 Å². The van der Waals surface area contributed by atoms with Crippen LogP contribution < -0.4 is 16.0 Å². The Kier molecular flexibility index (Phi) is 9.70. The van der Waals surface area contributed by atoms with Gasteiger partial charge in [0, 0.05) is 32.8 Å². The molecular weight excluding hydrogens is 563 g/mol. The molecule has 3 N–H and O–H groups in total. The second-order valence-electron chi connectivity index (χ2n) is 8.79. The second-order valence-corrected chi connectivity index (χ2v) is 11.1. The third-order valence-corrected chi connectivity index (χ3v) is 7.90. The molecule has 0 aliphatic carbocycles. The van der Waals surface area contributed by atoms with E-state index in [1.54, 1.807) is 24.3 Å². The average Bonchev–Trinajstić information content (AvgIpc) is 3.35. The number of carbonyl (C=O) groups is 3. The van der Waals surface area contributed by atoms with Crippen LogP contribution in [0.2, 0.25) is 0 Å². The van der Waals surface area contributed by atoms with E-state index in [0.717, 1.165) is 33.0 Å². The van der Waals surface area contributed by atoms with E-state index in [1.807, 2.05) is 60.8 Å². The van der Waals surface area contributed by atoms with Crippen molar-refractivity contribution in [3.63, 3.8) is 0 Å². The topological polar surface area (TPSA) is 96.5 Å². The van der Waals surface area contributed by atoms with Crippen LogP contribution in [0, 0.1) is 6.92 Å². The van der Waals surface area contributed by atoms with Crippen LogP contribution in [0.1, 0.15) is 33.2 Å². The first-order valence-corrected chi connectivity index (χ1v) is 14.5. The van der Waals surface area contributed by atoms with Crippen molar-refractivity contribution in [2.45, 2.75) is 18.7 Å². The number of esters is 1. The van der Waals surface area contributed by atoms with E-state index in [4.69, 9.17) is 17.0 Å². The molecule has 0 saturated carbocycles. The van der Waals surface area contributed by atoms with E-state index in [0.29, 0.717) is 21.2 Å². The summed E-state index contributed by atoms with van der Waals surface area (Å²) in [6.45, 7) is 3.52. The molecule has 1 aromatic heterocycles. The van der Waals surface area contributed by atoms with E-state index in [9.17, 15) is 14.4 Å². The molecule has 7 nitrogen and oxygen atoms in total. The van der Waals surface area contributed by atoms with Crippen LogP contribution in [-0.2, 0) is 9.53 Å². The Morgan fingerprint density at radius 3 is 2.30 bits per heavy atom. The monoisotopic (exact) mass is 589 g/mol.